The Morgan fingerprint density at radius 2 is 1.66 bits per heavy atom. The van der Waals surface area contributed by atoms with Crippen LogP contribution in [0.15, 0.2) is 42.5 Å². The molecule has 0 saturated carbocycles. The van der Waals surface area contributed by atoms with Gasteiger partial charge in [0.05, 0.1) is 16.7 Å². The molecule has 238 valence electrons. The maximum atomic E-state index is 12.2. The Kier molecular flexibility index (Phi) is 11.3. The molecule has 11 nitrogen and oxygen atoms in total. The topological polar surface area (TPSA) is 142 Å². The van der Waals surface area contributed by atoms with Crippen molar-refractivity contribution in [2.24, 2.45) is 0 Å². The number of hydrogen-bond acceptors (Lipinski definition) is 10. The monoisotopic (exact) mass is 625 g/mol. The molecule has 0 spiro atoms. The Bertz CT molecular complexity index is 1410. The summed E-state index contributed by atoms with van der Waals surface area (Å²) in [6.07, 6.45) is -1.83. The summed E-state index contributed by atoms with van der Waals surface area (Å²) in [6, 6.07) is 11.1. The summed E-state index contributed by atoms with van der Waals surface area (Å²) in [6.45, 7) is 9.73. The Labute approximate surface area is 251 Å². The first kappa shape index (κ1) is 35.1. The highest BCUT2D eigenvalue weighted by Crippen LogP contribution is 2.36. The molecular formula is C27H33B2F4N3O8. The summed E-state index contributed by atoms with van der Waals surface area (Å²) in [5.41, 5.74) is 2.40. The molecule has 2 aromatic carbocycles. The van der Waals surface area contributed by atoms with Crippen molar-refractivity contribution in [3.05, 3.63) is 48.3 Å². The molecule has 1 aromatic heterocycles. The van der Waals surface area contributed by atoms with Crippen molar-refractivity contribution in [3.8, 4) is 0 Å². The van der Waals surface area contributed by atoms with E-state index in [1.54, 1.807) is 0 Å². The van der Waals surface area contributed by atoms with E-state index in [0.29, 0.717) is 12.4 Å². The number of carbonyl (C=O) groups is 2. The number of nitrogens with zero attached hydrogens (tertiary/aromatic N) is 3. The van der Waals surface area contributed by atoms with Crippen molar-refractivity contribution < 1.29 is 56.0 Å². The smallest absolute Gasteiger partial charge is 0.423 e. The minimum absolute atomic E-state index is 0.00792. The minimum Gasteiger partial charge on any atom is -0.423 e. The number of ether oxygens (including phenoxy) is 2. The zero-order chi connectivity index (χ0) is 32.9. The van der Waals surface area contributed by atoms with Gasteiger partial charge in [0.1, 0.15) is 11.3 Å². The molecule has 0 amide bonds. The molecule has 44 heavy (non-hydrogen) atoms. The summed E-state index contributed by atoms with van der Waals surface area (Å²) < 4.78 is 68.9. The van der Waals surface area contributed by atoms with Crippen LogP contribution in [0.2, 0.25) is 0 Å². The third-order valence-electron chi connectivity index (χ3n) is 7.08. The Morgan fingerprint density at radius 3 is 2.14 bits per heavy atom. The lowest BCUT2D eigenvalue weighted by Crippen LogP contribution is -2.41. The van der Waals surface area contributed by atoms with E-state index < -0.39 is 25.2 Å². The maximum absolute atomic E-state index is 12.2. The predicted octanol–water partition coefficient (Wildman–Crippen LogP) is 2.57. The highest BCUT2D eigenvalue weighted by molar-refractivity contribution is 6.62. The highest BCUT2D eigenvalue weighted by atomic mass is 19.4. The van der Waals surface area contributed by atoms with Gasteiger partial charge in [0.15, 0.2) is 6.23 Å². The number of fused-ring (bicyclic) bond motifs is 1. The van der Waals surface area contributed by atoms with Crippen LogP contribution >= 0.6 is 0 Å². The van der Waals surface area contributed by atoms with Gasteiger partial charge in [-0.15, -0.1) is 5.10 Å². The van der Waals surface area contributed by atoms with Crippen molar-refractivity contribution in [2.45, 2.75) is 77.5 Å². The lowest BCUT2D eigenvalue weighted by atomic mass is 9.79. The second kappa shape index (κ2) is 14.2. The first-order valence-electron chi connectivity index (χ1n) is 13.6. The zero-order valence-corrected chi connectivity index (χ0v) is 24.8. The summed E-state index contributed by atoms with van der Waals surface area (Å²) in [7, 11) is -1.89. The third kappa shape index (κ3) is 9.08. The number of benzene rings is 2. The fourth-order valence-corrected chi connectivity index (χ4v) is 4.04. The quantitative estimate of drug-likeness (QED) is 0.193. The third-order valence-corrected chi connectivity index (χ3v) is 7.08. The van der Waals surface area contributed by atoms with Gasteiger partial charge in [0, 0.05) is 13.5 Å². The van der Waals surface area contributed by atoms with Crippen LogP contribution in [-0.4, -0.2) is 75.2 Å². The second-order valence-corrected chi connectivity index (χ2v) is 11.0. The van der Waals surface area contributed by atoms with Gasteiger partial charge in [-0.25, -0.2) is 13.9 Å². The minimum atomic E-state index is -5.09. The largest absolute Gasteiger partial charge is 0.494 e. The normalized spacial score (nSPS) is 18.9. The Balaban J connectivity index is 0.000000220. The van der Waals surface area contributed by atoms with Crippen molar-refractivity contribution in [1.29, 1.82) is 0 Å². The first-order valence-corrected chi connectivity index (χ1v) is 13.6. The molecule has 1 atom stereocenters. The van der Waals surface area contributed by atoms with Gasteiger partial charge in [0.25, 0.3) is 0 Å². The number of hydrogen-bond donors (Lipinski definition) is 2. The molecule has 5 rings (SSSR count). The van der Waals surface area contributed by atoms with Crippen molar-refractivity contribution >= 4 is 48.1 Å². The summed E-state index contributed by atoms with van der Waals surface area (Å²) in [4.78, 5) is 19.5. The summed E-state index contributed by atoms with van der Waals surface area (Å²) in [5, 5.41) is 25.7. The van der Waals surface area contributed by atoms with Crippen LogP contribution in [0, 0.1) is 5.82 Å². The second-order valence-electron chi connectivity index (χ2n) is 11.0. The molecule has 0 aliphatic carbocycles. The van der Waals surface area contributed by atoms with Gasteiger partial charge >= 0.3 is 32.4 Å². The zero-order valence-electron chi connectivity index (χ0n) is 24.8. The van der Waals surface area contributed by atoms with Crippen LogP contribution in [0.3, 0.4) is 0 Å². The highest BCUT2D eigenvalue weighted by Gasteiger charge is 2.51. The number of alkyl halides is 3. The van der Waals surface area contributed by atoms with Crippen LogP contribution in [0.25, 0.3) is 11.0 Å². The van der Waals surface area contributed by atoms with Crippen LogP contribution in [0.4, 0.5) is 17.6 Å². The van der Waals surface area contributed by atoms with Crippen LogP contribution in [0.1, 0.15) is 60.1 Å². The lowest BCUT2D eigenvalue weighted by molar-refractivity contribution is -0.201. The van der Waals surface area contributed by atoms with Gasteiger partial charge in [-0.3, -0.25) is 4.79 Å². The van der Waals surface area contributed by atoms with Crippen molar-refractivity contribution in [2.75, 3.05) is 6.61 Å². The summed E-state index contributed by atoms with van der Waals surface area (Å²) >= 11 is 0. The summed E-state index contributed by atoms with van der Waals surface area (Å²) in [5.74, 6) is -4.15. The van der Waals surface area contributed by atoms with E-state index in [1.807, 2.05) is 22.9 Å². The SMILES string of the molecule is CC(=O)OC(=O)C(F)(F)F.CC1(C)OB(c2ccc3c(c2)nnn3C2CCCCO2)OC1(C)C.OB(O)c1ccc(F)cc1. The van der Waals surface area contributed by atoms with Crippen molar-refractivity contribution in [3.63, 3.8) is 0 Å². The molecule has 2 N–H and O–H groups in total. The lowest BCUT2D eigenvalue weighted by Gasteiger charge is -2.32. The van der Waals surface area contributed by atoms with Gasteiger partial charge < -0.3 is 28.8 Å². The average molecular weight is 625 g/mol. The molecule has 2 saturated heterocycles. The molecule has 2 aliphatic rings. The number of esters is 2. The van der Waals surface area contributed by atoms with E-state index in [1.165, 1.54) is 24.3 Å². The van der Waals surface area contributed by atoms with Gasteiger partial charge in [0.2, 0.25) is 0 Å². The molecule has 0 radical (unpaired) electrons. The van der Waals surface area contributed by atoms with E-state index in [0.717, 1.165) is 42.4 Å². The Hall–Kier alpha value is -3.37. The molecule has 0 bridgehead atoms. The van der Waals surface area contributed by atoms with E-state index in [9.17, 15) is 27.2 Å². The molecule has 2 aliphatic heterocycles. The number of rotatable bonds is 3. The number of halogens is 4. The van der Waals surface area contributed by atoms with E-state index >= 15 is 0 Å². The predicted molar refractivity (Wildman–Crippen MR) is 151 cm³/mol. The fraction of sp³-hybridized carbons (Fsp3) is 0.481. The van der Waals surface area contributed by atoms with E-state index in [2.05, 4.69) is 42.7 Å². The first-order chi connectivity index (χ1) is 20.4. The van der Waals surface area contributed by atoms with Gasteiger partial charge in [-0.05, 0) is 82.1 Å². The maximum Gasteiger partial charge on any atom is 0.494 e. The molecule has 3 heterocycles. The van der Waals surface area contributed by atoms with Crippen LogP contribution in [0.5, 0.6) is 0 Å². The van der Waals surface area contributed by atoms with Gasteiger partial charge in [-0.2, -0.15) is 13.2 Å². The molecule has 17 heteroatoms. The fourth-order valence-electron chi connectivity index (χ4n) is 4.04. The van der Waals surface area contributed by atoms with Crippen LogP contribution < -0.4 is 10.9 Å². The Morgan fingerprint density at radius 1 is 1.05 bits per heavy atom. The average Bonchev–Trinajstić information content (AvgIpc) is 3.45. The van der Waals surface area contributed by atoms with E-state index in [4.69, 9.17) is 24.1 Å². The van der Waals surface area contributed by atoms with Crippen molar-refractivity contribution in [1.82, 2.24) is 15.0 Å². The molecule has 2 fully saturated rings. The van der Waals surface area contributed by atoms with E-state index in [-0.39, 0.29) is 30.4 Å². The standard InChI is InChI=1S/C17H24BN3O3.C6H6BFO2.C4H3F3O3/c1-16(2)17(3,4)24-18(23-16)12-8-9-14-13(11-12)19-20-21(14)15-7-5-6-10-22-15;8-6-3-1-5(2-4-6)7(9)10;1-2(8)10-3(9)4(5,6)7/h8-9,11,15H,5-7,10H2,1-4H3;1-4,9-10H;1H3. The number of aromatic nitrogens is 3. The molecule has 1 unspecified atom stereocenters. The van der Waals surface area contributed by atoms with Gasteiger partial charge in [-0.1, -0.05) is 23.4 Å². The van der Waals surface area contributed by atoms with Crippen LogP contribution in [-0.2, 0) is 28.4 Å². The number of carbonyl (C=O) groups excluding carboxylic acids is 2. The molecule has 3 aromatic rings. The molecular weight excluding hydrogens is 592 g/mol.